The smallest absolute Gasteiger partial charge is 0.160 e. The zero-order valence-corrected chi connectivity index (χ0v) is 18.5. The molecule has 0 atom stereocenters. The second-order valence-corrected chi connectivity index (χ2v) is 8.30. The topological polar surface area (TPSA) is 124 Å². The summed E-state index contributed by atoms with van der Waals surface area (Å²) in [6.45, 7) is 1.47. The number of hydrogen-bond acceptors (Lipinski definition) is 7. The zero-order valence-electron chi connectivity index (χ0n) is 18.5. The van der Waals surface area contributed by atoms with Crippen molar-refractivity contribution in [2.45, 2.75) is 18.9 Å². The standard InChI is InChI=1S/C25H23FN6O2/c1-34-20-5-4-14(11-19(20)33)21-22(15-2-3-16(12-27)18(26)10-15)31-25(24-23(21)29-13-30-24)32-8-6-17(28)7-9-32/h2-5,10-11,13,17,33H,6-9,28H2,1H3,(H,29,30). The predicted molar refractivity (Wildman–Crippen MR) is 127 cm³/mol. The molecule has 2 aromatic carbocycles. The van der Waals surface area contributed by atoms with E-state index in [2.05, 4.69) is 14.9 Å². The van der Waals surface area contributed by atoms with Crippen molar-refractivity contribution in [3.05, 3.63) is 54.1 Å². The number of aromatic hydroxyl groups is 1. The molecular formula is C25H23FN6O2. The number of nitriles is 1. The molecule has 0 radical (unpaired) electrons. The average molecular weight is 458 g/mol. The molecule has 3 heterocycles. The lowest BCUT2D eigenvalue weighted by Crippen LogP contribution is -2.40. The van der Waals surface area contributed by atoms with Crippen molar-refractivity contribution >= 4 is 16.9 Å². The van der Waals surface area contributed by atoms with Gasteiger partial charge in [0.05, 0.1) is 30.2 Å². The number of fused-ring (bicyclic) bond motifs is 1. The van der Waals surface area contributed by atoms with Crippen molar-refractivity contribution in [1.82, 2.24) is 15.0 Å². The predicted octanol–water partition coefficient (Wildman–Crippen LogP) is 3.94. The quantitative estimate of drug-likeness (QED) is 0.423. The summed E-state index contributed by atoms with van der Waals surface area (Å²) in [5.41, 5.74) is 9.78. The fourth-order valence-corrected chi connectivity index (χ4v) is 4.41. The molecule has 1 saturated heterocycles. The molecule has 8 nitrogen and oxygen atoms in total. The van der Waals surface area contributed by atoms with Gasteiger partial charge in [-0.3, -0.25) is 0 Å². The number of anilines is 1. The van der Waals surface area contributed by atoms with E-state index in [1.165, 1.54) is 19.2 Å². The van der Waals surface area contributed by atoms with E-state index in [9.17, 15) is 9.50 Å². The Kier molecular flexibility index (Phi) is 5.51. The summed E-state index contributed by atoms with van der Waals surface area (Å²) in [4.78, 5) is 14.9. The Labute approximate surface area is 195 Å². The van der Waals surface area contributed by atoms with Crippen molar-refractivity contribution in [2.24, 2.45) is 5.73 Å². The highest BCUT2D eigenvalue weighted by Gasteiger charge is 2.25. The van der Waals surface area contributed by atoms with Gasteiger partial charge >= 0.3 is 0 Å². The number of benzene rings is 2. The van der Waals surface area contributed by atoms with E-state index < -0.39 is 5.82 Å². The number of halogens is 1. The number of pyridine rings is 1. The molecule has 1 aliphatic rings. The minimum atomic E-state index is -0.625. The molecule has 0 spiro atoms. The first-order chi connectivity index (χ1) is 16.5. The molecule has 4 N–H and O–H groups in total. The summed E-state index contributed by atoms with van der Waals surface area (Å²) in [6, 6.07) is 11.5. The van der Waals surface area contributed by atoms with Gasteiger partial charge in [-0.15, -0.1) is 0 Å². The SMILES string of the molecule is COc1ccc(-c2c(-c3ccc(C#N)c(F)c3)nc(N3CCC(N)CC3)c3nc[nH]c23)cc1O. The molecule has 1 aliphatic heterocycles. The number of ether oxygens (including phenoxy) is 1. The number of imidazole rings is 1. The maximum absolute atomic E-state index is 14.6. The second-order valence-electron chi connectivity index (χ2n) is 8.30. The Balaban J connectivity index is 1.78. The number of nitrogens with two attached hydrogens (primary N) is 1. The number of piperidine rings is 1. The first-order valence-corrected chi connectivity index (χ1v) is 10.9. The van der Waals surface area contributed by atoms with E-state index in [1.807, 2.05) is 6.07 Å². The lowest BCUT2D eigenvalue weighted by Gasteiger charge is -2.31. The van der Waals surface area contributed by atoms with Gasteiger partial charge in [-0.2, -0.15) is 5.26 Å². The lowest BCUT2D eigenvalue weighted by molar-refractivity contribution is 0.373. The van der Waals surface area contributed by atoms with Crippen LogP contribution < -0.4 is 15.4 Å². The Bertz CT molecular complexity index is 1420. The molecule has 0 saturated carbocycles. The number of rotatable bonds is 4. The highest BCUT2D eigenvalue weighted by atomic mass is 19.1. The maximum atomic E-state index is 14.6. The summed E-state index contributed by atoms with van der Waals surface area (Å²) >= 11 is 0. The van der Waals surface area contributed by atoms with Gasteiger partial charge in [0, 0.05) is 30.3 Å². The van der Waals surface area contributed by atoms with Crippen LogP contribution in [0.4, 0.5) is 10.2 Å². The lowest BCUT2D eigenvalue weighted by atomic mass is 9.96. The molecule has 1 fully saturated rings. The highest BCUT2D eigenvalue weighted by Crippen LogP contribution is 2.42. The Morgan fingerprint density at radius 3 is 2.65 bits per heavy atom. The Hall–Kier alpha value is -4.16. The van der Waals surface area contributed by atoms with Gasteiger partial charge in [0.2, 0.25) is 0 Å². The van der Waals surface area contributed by atoms with Crippen LogP contribution in [0.15, 0.2) is 42.7 Å². The van der Waals surface area contributed by atoms with Gasteiger partial charge < -0.3 is 25.5 Å². The third kappa shape index (κ3) is 3.68. The van der Waals surface area contributed by atoms with Gasteiger partial charge in [-0.25, -0.2) is 14.4 Å². The molecular weight excluding hydrogens is 435 g/mol. The number of nitrogens with zero attached hydrogens (tertiary/aromatic N) is 4. The number of nitrogens with one attached hydrogen (secondary N) is 1. The molecule has 172 valence electrons. The van der Waals surface area contributed by atoms with Crippen LogP contribution in [0.2, 0.25) is 0 Å². The first-order valence-electron chi connectivity index (χ1n) is 10.9. The van der Waals surface area contributed by atoms with E-state index in [-0.39, 0.29) is 17.4 Å². The molecule has 4 aromatic rings. The number of aromatic nitrogens is 3. The fraction of sp³-hybridized carbons (Fsp3) is 0.240. The van der Waals surface area contributed by atoms with Crippen LogP contribution in [0.5, 0.6) is 11.5 Å². The third-order valence-electron chi connectivity index (χ3n) is 6.23. The normalized spacial score (nSPS) is 14.4. The van der Waals surface area contributed by atoms with E-state index in [0.717, 1.165) is 25.9 Å². The van der Waals surface area contributed by atoms with Gasteiger partial charge in [0.25, 0.3) is 0 Å². The molecule has 0 bridgehead atoms. The van der Waals surface area contributed by atoms with E-state index >= 15 is 0 Å². The number of phenolic OH excluding ortho intramolecular Hbond substituents is 1. The summed E-state index contributed by atoms with van der Waals surface area (Å²) in [5, 5.41) is 19.6. The van der Waals surface area contributed by atoms with Crippen molar-refractivity contribution < 1.29 is 14.2 Å². The minimum absolute atomic E-state index is 0.0290. The molecule has 9 heteroatoms. The molecule has 5 rings (SSSR count). The summed E-state index contributed by atoms with van der Waals surface area (Å²) < 4.78 is 19.8. The molecule has 0 aliphatic carbocycles. The second kappa shape index (κ2) is 8.65. The number of methoxy groups -OCH3 is 1. The summed E-state index contributed by atoms with van der Waals surface area (Å²) in [6.07, 6.45) is 3.27. The number of hydrogen-bond donors (Lipinski definition) is 3. The fourth-order valence-electron chi connectivity index (χ4n) is 4.41. The molecule has 2 aromatic heterocycles. The van der Waals surface area contributed by atoms with Crippen LogP contribution in [0.3, 0.4) is 0 Å². The molecule has 0 amide bonds. The van der Waals surface area contributed by atoms with Crippen molar-refractivity contribution in [1.29, 1.82) is 5.26 Å². The zero-order chi connectivity index (χ0) is 23.8. The van der Waals surface area contributed by atoms with Crippen LogP contribution in [-0.4, -0.2) is 46.3 Å². The van der Waals surface area contributed by atoms with Crippen LogP contribution in [0.25, 0.3) is 33.4 Å². The van der Waals surface area contributed by atoms with Crippen LogP contribution >= 0.6 is 0 Å². The molecule has 34 heavy (non-hydrogen) atoms. The molecule has 0 unspecified atom stereocenters. The third-order valence-corrected chi connectivity index (χ3v) is 6.23. The van der Waals surface area contributed by atoms with Gasteiger partial charge in [-0.05, 0) is 42.7 Å². The maximum Gasteiger partial charge on any atom is 0.160 e. The minimum Gasteiger partial charge on any atom is -0.504 e. The summed E-state index contributed by atoms with van der Waals surface area (Å²) in [5.74, 6) is 0.369. The largest absolute Gasteiger partial charge is 0.504 e. The first kappa shape index (κ1) is 21.7. The number of aromatic amines is 1. The van der Waals surface area contributed by atoms with E-state index in [1.54, 1.807) is 30.6 Å². The van der Waals surface area contributed by atoms with Gasteiger partial charge in [-0.1, -0.05) is 12.1 Å². The monoisotopic (exact) mass is 458 g/mol. The summed E-state index contributed by atoms with van der Waals surface area (Å²) in [7, 11) is 1.48. The van der Waals surface area contributed by atoms with E-state index in [4.69, 9.17) is 20.7 Å². The van der Waals surface area contributed by atoms with E-state index in [0.29, 0.717) is 45.0 Å². The average Bonchev–Trinajstić information content (AvgIpc) is 3.33. The van der Waals surface area contributed by atoms with Crippen molar-refractivity contribution in [3.63, 3.8) is 0 Å². The van der Waals surface area contributed by atoms with Crippen LogP contribution in [0.1, 0.15) is 18.4 Å². The van der Waals surface area contributed by atoms with Crippen LogP contribution in [-0.2, 0) is 0 Å². The number of phenols is 1. The highest BCUT2D eigenvalue weighted by molar-refractivity contribution is 6.04. The van der Waals surface area contributed by atoms with Crippen molar-refractivity contribution in [3.8, 4) is 40.0 Å². The van der Waals surface area contributed by atoms with Gasteiger partial charge in [0.15, 0.2) is 17.3 Å². The Morgan fingerprint density at radius 2 is 1.97 bits per heavy atom. The van der Waals surface area contributed by atoms with Crippen LogP contribution in [0, 0.1) is 17.1 Å². The van der Waals surface area contributed by atoms with Crippen molar-refractivity contribution in [2.75, 3.05) is 25.1 Å². The van der Waals surface area contributed by atoms with Gasteiger partial charge in [0.1, 0.15) is 17.4 Å². The number of H-pyrrole nitrogens is 1. The Morgan fingerprint density at radius 1 is 1.21 bits per heavy atom.